The molecule has 1 aromatic heterocycles. The molecule has 24 heavy (non-hydrogen) atoms. The summed E-state index contributed by atoms with van der Waals surface area (Å²) < 4.78 is 5.13. The van der Waals surface area contributed by atoms with Crippen molar-refractivity contribution in [2.75, 3.05) is 38.7 Å². The van der Waals surface area contributed by atoms with E-state index in [1.807, 2.05) is 24.3 Å². The molecule has 1 aliphatic rings. The van der Waals surface area contributed by atoms with Gasteiger partial charge in [0.15, 0.2) is 0 Å². The molecule has 0 spiro atoms. The van der Waals surface area contributed by atoms with Gasteiger partial charge in [-0.1, -0.05) is 12.1 Å². The second kappa shape index (κ2) is 8.08. The van der Waals surface area contributed by atoms with Gasteiger partial charge in [-0.2, -0.15) is 0 Å². The molecule has 0 bridgehead atoms. The van der Waals surface area contributed by atoms with Crippen LogP contribution in [0.25, 0.3) is 11.3 Å². The Bertz CT molecular complexity index is 657. The van der Waals surface area contributed by atoms with E-state index in [4.69, 9.17) is 4.74 Å². The molecule has 1 fully saturated rings. The van der Waals surface area contributed by atoms with Crippen molar-refractivity contribution in [1.82, 2.24) is 14.9 Å². The fraction of sp³-hybridized carbons (Fsp3) is 0.444. The van der Waals surface area contributed by atoms with Crippen molar-refractivity contribution in [1.29, 1.82) is 0 Å². The molecule has 2 aromatic rings. The highest BCUT2D eigenvalue weighted by Gasteiger charge is 2.25. The number of imidazole rings is 1. The summed E-state index contributed by atoms with van der Waals surface area (Å²) >= 11 is 0. The van der Waals surface area contributed by atoms with Crippen LogP contribution in [0, 0.1) is 5.92 Å². The molecule has 2 heterocycles. The molecule has 1 aliphatic heterocycles. The van der Waals surface area contributed by atoms with Crippen LogP contribution in [0.1, 0.15) is 12.8 Å². The van der Waals surface area contributed by atoms with E-state index in [0.29, 0.717) is 6.61 Å². The molecule has 1 unspecified atom stereocenters. The quantitative estimate of drug-likeness (QED) is 0.854. The van der Waals surface area contributed by atoms with Gasteiger partial charge < -0.3 is 19.9 Å². The number of nitrogens with zero attached hydrogens (tertiary/aromatic N) is 2. The number of hydrogen-bond donors (Lipinski definition) is 2. The number of carbonyl (C=O) groups is 1. The van der Waals surface area contributed by atoms with Gasteiger partial charge in [-0.05, 0) is 31.5 Å². The van der Waals surface area contributed by atoms with Crippen LogP contribution in [0.4, 0.5) is 5.69 Å². The fourth-order valence-corrected chi connectivity index (χ4v) is 3.12. The third-order valence-electron chi connectivity index (χ3n) is 4.43. The highest BCUT2D eigenvalue weighted by molar-refractivity contribution is 5.93. The predicted octanol–water partition coefficient (Wildman–Crippen LogP) is 2.37. The number of benzene rings is 1. The predicted molar refractivity (Wildman–Crippen MR) is 93.7 cm³/mol. The lowest BCUT2D eigenvalue weighted by molar-refractivity contribution is -0.121. The van der Waals surface area contributed by atoms with E-state index in [2.05, 4.69) is 20.2 Å². The normalized spacial score (nSPS) is 18.5. The maximum atomic E-state index is 12.6. The molecular formula is C18H24N4O2. The second-order valence-electron chi connectivity index (χ2n) is 6.17. The molecule has 0 aliphatic carbocycles. The van der Waals surface area contributed by atoms with Crippen molar-refractivity contribution in [2.24, 2.45) is 5.92 Å². The van der Waals surface area contributed by atoms with E-state index in [1.165, 1.54) is 0 Å². The van der Waals surface area contributed by atoms with Crippen molar-refractivity contribution in [3.8, 4) is 11.3 Å². The summed E-state index contributed by atoms with van der Waals surface area (Å²) in [7, 11) is 1.71. The number of aromatic amines is 1. The summed E-state index contributed by atoms with van der Waals surface area (Å²) in [6.07, 6.45) is 5.42. The third-order valence-corrected chi connectivity index (χ3v) is 4.43. The first-order chi connectivity index (χ1) is 11.8. The summed E-state index contributed by atoms with van der Waals surface area (Å²) in [6, 6.07) is 7.83. The molecule has 6 nitrogen and oxygen atoms in total. The number of rotatable bonds is 6. The zero-order valence-corrected chi connectivity index (χ0v) is 14.0. The van der Waals surface area contributed by atoms with Crippen LogP contribution < -0.4 is 5.32 Å². The van der Waals surface area contributed by atoms with Crippen molar-refractivity contribution in [3.05, 3.63) is 36.8 Å². The standard InChI is InChI=1S/C18H24N4O2/c1-24-9-8-22-7-3-5-15(12-22)18(23)21-16-6-2-4-14(10-16)17-11-19-13-20-17/h2,4,6,10-11,13,15H,3,5,7-9,12H2,1H3,(H,19,20)(H,21,23). The molecular weight excluding hydrogens is 304 g/mol. The second-order valence-corrected chi connectivity index (χ2v) is 6.17. The number of methoxy groups -OCH3 is 1. The smallest absolute Gasteiger partial charge is 0.228 e. The Balaban J connectivity index is 1.61. The molecule has 1 aromatic carbocycles. The number of ether oxygens (including phenoxy) is 1. The number of carbonyl (C=O) groups excluding carboxylic acids is 1. The van der Waals surface area contributed by atoms with Crippen molar-refractivity contribution in [2.45, 2.75) is 12.8 Å². The van der Waals surface area contributed by atoms with Gasteiger partial charge in [-0.3, -0.25) is 4.79 Å². The van der Waals surface area contributed by atoms with Crippen LogP contribution in [0.15, 0.2) is 36.8 Å². The van der Waals surface area contributed by atoms with E-state index in [0.717, 1.165) is 49.4 Å². The monoisotopic (exact) mass is 328 g/mol. The average molecular weight is 328 g/mol. The highest BCUT2D eigenvalue weighted by Crippen LogP contribution is 2.22. The van der Waals surface area contributed by atoms with E-state index in [9.17, 15) is 4.79 Å². The van der Waals surface area contributed by atoms with E-state index in [-0.39, 0.29) is 11.8 Å². The number of hydrogen-bond acceptors (Lipinski definition) is 4. The molecule has 1 saturated heterocycles. The van der Waals surface area contributed by atoms with Crippen LogP contribution >= 0.6 is 0 Å². The minimum Gasteiger partial charge on any atom is -0.383 e. The van der Waals surface area contributed by atoms with E-state index < -0.39 is 0 Å². The zero-order valence-electron chi connectivity index (χ0n) is 14.0. The van der Waals surface area contributed by atoms with Crippen LogP contribution in [0.3, 0.4) is 0 Å². The van der Waals surface area contributed by atoms with Gasteiger partial charge in [0.2, 0.25) is 5.91 Å². The van der Waals surface area contributed by atoms with Crippen LogP contribution in [-0.2, 0) is 9.53 Å². The van der Waals surface area contributed by atoms with Gasteiger partial charge in [0, 0.05) is 31.5 Å². The summed E-state index contributed by atoms with van der Waals surface area (Å²) in [6.45, 7) is 3.44. The first-order valence-corrected chi connectivity index (χ1v) is 8.37. The molecule has 128 valence electrons. The summed E-state index contributed by atoms with van der Waals surface area (Å²) in [5.41, 5.74) is 2.77. The maximum absolute atomic E-state index is 12.6. The van der Waals surface area contributed by atoms with Crippen molar-refractivity contribution >= 4 is 11.6 Å². The Hall–Kier alpha value is -2.18. The lowest BCUT2D eigenvalue weighted by atomic mass is 9.97. The average Bonchev–Trinajstić information content (AvgIpc) is 3.15. The zero-order chi connectivity index (χ0) is 16.8. The van der Waals surface area contributed by atoms with Crippen molar-refractivity contribution < 1.29 is 9.53 Å². The maximum Gasteiger partial charge on any atom is 0.228 e. The first-order valence-electron chi connectivity index (χ1n) is 8.37. The lowest BCUT2D eigenvalue weighted by Crippen LogP contribution is -2.41. The highest BCUT2D eigenvalue weighted by atomic mass is 16.5. The van der Waals surface area contributed by atoms with Gasteiger partial charge in [-0.15, -0.1) is 0 Å². The van der Waals surface area contributed by atoms with Gasteiger partial charge >= 0.3 is 0 Å². The number of nitrogens with one attached hydrogen (secondary N) is 2. The summed E-state index contributed by atoms with van der Waals surface area (Å²) in [5, 5.41) is 3.06. The Morgan fingerprint density at radius 3 is 3.21 bits per heavy atom. The molecule has 6 heteroatoms. The Morgan fingerprint density at radius 1 is 1.50 bits per heavy atom. The number of likely N-dealkylation sites (tertiary alicyclic amines) is 1. The van der Waals surface area contributed by atoms with Crippen LogP contribution in [-0.4, -0.2) is 54.1 Å². The summed E-state index contributed by atoms with van der Waals surface area (Å²) in [4.78, 5) is 22.0. The van der Waals surface area contributed by atoms with Crippen LogP contribution in [0.5, 0.6) is 0 Å². The topological polar surface area (TPSA) is 70.2 Å². The van der Waals surface area contributed by atoms with Crippen LogP contribution in [0.2, 0.25) is 0 Å². The number of piperidine rings is 1. The fourth-order valence-electron chi connectivity index (χ4n) is 3.12. The number of H-pyrrole nitrogens is 1. The number of amides is 1. The number of aromatic nitrogens is 2. The largest absolute Gasteiger partial charge is 0.383 e. The molecule has 0 saturated carbocycles. The van der Waals surface area contributed by atoms with E-state index >= 15 is 0 Å². The molecule has 1 atom stereocenters. The third kappa shape index (κ3) is 4.21. The minimum atomic E-state index is 0.0337. The number of anilines is 1. The minimum absolute atomic E-state index is 0.0337. The SMILES string of the molecule is COCCN1CCCC(C(=O)Nc2cccc(-c3cnc[nH]3)c2)C1. The van der Waals surface area contributed by atoms with Crippen molar-refractivity contribution in [3.63, 3.8) is 0 Å². The van der Waals surface area contributed by atoms with E-state index in [1.54, 1.807) is 19.6 Å². The van der Waals surface area contributed by atoms with Gasteiger partial charge in [-0.25, -0.2) is 4.98 Å². The lowest BCUT2D eigenvalue weighted by Gasteiger charge is -2.31. The Kier molecular flexibility index (Phi) is 5.61. The molecule has 1 amide bonds. The first kappa shape index (κ1) is 16.7. The summed E-state index contributed by atoms with van der Waals surface area (Å²) in [5.74, 6) is 0.130. The Morgan fingerprint density at radius 2 is 2.42 bits per heavy atom. The van der Waals surface area contributed by atoms with Gasteiger partial charge in [0.05, 0.1) is 30.7 Å². The Labute approximate surface area is 142 Å². The molecule has 3 rings (SSSR count). The molecule has 2 N–H and O–H groups in total. The van der Waals surface area contributed by atoms with Gasteiger partial charge in [0.1, 0.15) is 0 Å². The molecule has 0 radical (unpaired) electrons. The van der Waals surface area contributed by atoms with Gasteiger partial charge in [0.25, 0.3) is 0 Å².